The molecule has 5 rings (SSSR count). The Balaban J connectivity index is 1.22. The van der Waals surface area contributed by atoms with Gasteiger partial charge in [0, 0.05) is 36.5 Å². The van der Waals surface area contributed by atoms with Gasteiger partial charge >= 0.3 is 12.1 Å². The lowest BCUT2D eigenvalue weighted by Crippen LogP contribution is -2.52. The molecule has 10 heteroatoms. The first kappa shape index (κ1) is 21.7. The molecule has 2 aromatic rings. The topological polar surface area (TPSA) is 98.3 Å². The number of rotatable bonds is 5. The Bertz CT molecular complexity index is 1080. The zero-order valence-electron chi connectivity index (χ0n) is 18.3. The van der Waals surface area contributed by atoms with E-state index >= 15 is 0 Å². The summed E-state index contributed by atoms with van der Waals surface area (Å²) in [7, 11) is 0. The second-order valence-corrected chi connectivity index (χ2v) is 9.09. The molecular weight excluding hydrogens is 446 g/mol. The zero-order chi connectivity index (χ0) is 22.9. The van der Waals surface area contributed by atoms with Crippen molar-refractivity contribution < 1.29 is 28.6 Å². The van der Waals surface area contributed by atoms with Gasteiger partial charge in [0.1, 0.15) is 23.1 Å². The summed E-state index contributed by atoms with van der Waals surface area (Å²) in [6.07, 6.45) is 1.52. The van der Waals surface area contributed by atoms with Gasteiger partial charge < -0.3 is 19.1 Å². The predicted octanol–water partition coefficient (Wildman–Crippen LogP) is 2.73. The highest BCUT2D eigenvalue weighted by Crippen LogP contribution is 2.32. The molecule has 0 N–H and O–H groups in total. The lowest BCUT2D eigenvalue weighted by molar-refractivity contribution is -0.148. The van der Waals surface area contributed by atoms with E-state index in [1.54, 1.807) is 17.2 Å². The lowest BCUT2D eigenvalue weighted by atomic mass is 10.0. The van der Waals surface area contributed by atoms with Crippen LogP contribution in [0, 0.1) is 0 Å². The van der Waals surface area contributed by atoms with E-state index in [9.17, 15) is 14.4 Å². The fraction of sp³-hybridized carbons (Fsp3) is 0.478. The summed E-state index contributed by atoms with van der Waals surface area (Å²) >= 11 is 1.45. The maximum absolute atomic E-state index is 13.1. The molecule has 1 atom stereocenters. The third kappa shape index (κ3) is 4.15. The smallest absolute Gasteiger partial charge is 0.410 e. The summed E-state index contributed by atoms with van der Waals surface area (Å²) in [5.41, 5.74) is 2.58. The molecule has 0 aliphatic carbocycles. The predicted molar refractivity (Wildman–Crippen MR) is 119 cm³/mol. The molecule has 2 saturated heterocycles. The monoisotopic (exact) mass is 471 g/mol. The number of piperidine rings is 1. The fourth-order valence-electron chi connectivity index (χ4n) is 4.59. The molecular formula is C23H25N3O6S. The number of thiazole rings is 1. The van der Waals surface area contributed by atoms with Crippen LogP contribution in [0.5, 0.6) is 5.75 Å². The van der Waals surface area contributed by atoms with Gasteiger partial charge in [-0.2, -0.15) is 0 Å². The highest BCUT2D eigenvalue weighted by molar-refractivity contribution is 7.13. The number of benzene rings is 1. The van der Waals surface area contributed by atoms with E-state index in [2.05, 4.69) is 11.1 Å². The summed E-state index contributed by atoms with van der Waals surface area (Å²) in [5.74, 6) is 0.350. The fourth-order valence-corrected chi connectivity index (χ4v) is 5.38. The zero-order valence-corrected chi connectivity index (χ0v) is 19.1. The van der Waals surface area contributed by atoms with Gasteiger partial charge in [-0.25, -0.2) is 14.6 Å². The Hall–Kier alpha value is -3.14. The summed E-state index contributed by atoms with van der Waals surface area (Å²) in [5, 5.41) is 2.60. The van der Waals surface area contributed by atoms with Crippen LogP contribution >= 0.6 is 11.3 Å². The number of carbonyl (C=O) groups excluding carboxylic acids is 3. The molecule has 3 aliphatic rings. The van der Waals surface area contributed by atoms with Crippen molar-refractivity contribution in [2.24, 2.45) is 0 Å². The average molecular weight is 472 g/mol. The van der Waals surface area contributed by atoms with E-state index in [0.717, 1.165) is 22.7 Å². The Morgan fingerprint density at radius 2 is 2.06 bits per heavy atom. The summed E-state index contributed by atoms with van der Waals surface area (Å²) in [6.45, 7) is 3.64. The van der Waals surface area contributed by atoms with Crippen molar-refractivity contribution in [3.8, 4) is 16.3 Å². The van der Waals surface area contributed by atoms with E-state index in [4.69, 9.17) is 14.2 Å². The Kier molecular flexibility index (Phi) is 5.92. The van der Waals surface area contributed by atoms with E-state index in [1.165, 1.54) is 21.8 Å². The normalized spacial score (nSPS) is 20.4. The van der Waals surface area contributed by atoms with Crippen molar-refractivity contribution in [3.63, 3.8) is 0 Å². The Labute approximate surface area is 195 Å². The number of cyclic esters (lactones) is 1. The molecule has 2 fully saturated rings. The van der Waals surface area contributed by atoms with Crippen molar-refractivity contribution in [1.29, 1.82) is 0 Å². The number of carbonyl (C=O) groups is 3. The first-order valence-corrected chi connectivity index (χ1v) is 12.1. The van der Waals surface area contributed by atoms with Crippen LogP contribution in [-0.4, -0.2) is 77.7 Å². The maximum Gasteiger partial charge on any atom is 0.410 e. The van der Waals surface area contributed by atoms with Crippen LogP contribution < -0.4 is 4.74 Å². The van der Waals surface area contributed by atoms with Crippen LogP contribution in [0.2, 0.25) is 0 Å². The number of nitrogens with zero attached hydrogens (tertiary/aromatic N) is 3. The van der Waals surface area contributed by atoms with Gasteiger partial charge in [0.2, 0.25) is 0 Å². The summed E-state index contributed by atoms with van der Waals surface area (Å²) in [6, 6.07) is 5.12. The molecule has 33 heavy (non-hydrogen) atoms. The maximum atomic E-state index is 13.1. The van der Waals surface area contributed by atoms with Crippen molar-refractivity contribution in [3.05, 3.63) is 34.8 Å². The van der Waals surface area contributed by atoms with Crippen molar-refractivity contribution in [2.45, 2.75) is 38.3 Å². The minimum absolute atomic E-state index is 0.00717. The van der Waals surface area contributed by atoms with Crippen LogP contribution in [0.15, 0.2) is 23.6 Å². The molecule has 3 aliphatic heterocycles. The van der Waals surface area contributed by atoms with Gasteiger partial charge in [-0.15, -0.1) is 11.3 Å². The number of hydrogen-bond donors (Lipinski definition) is 0. The second-order valence-electron chi connectivity index (χ2n) is 8.23. The summed E-state index contributed by atoms with van der Waals surface area (Å²) in [4.78, 5) is 45.3. The van der Waals surface area contributed by atoms with Gasteiger partial charge in [-0.1, -0.05) is 0 Å². The number of likely N-dealkylation sites (tertiary alicyclic amines) is 1. The van der Waals surface area contributed by atoms with Gasteiger partial charge in [0.05, 0.1) is 13.2 Å². The van der Waals surface area contributed by atoms with Crippen LogP contribution in [-0.2, 0) is 20.7 Å². The van der Waals surface area contributed by atoms with Gasteiger partial charge in [0.25, 0.3) is 5.91 Å². The SMILES string of the molecule is CCOC(=O)C1COC(=O)N1C1CCN(C(=O)c2csc(-c3ccc4c(c3)CCO4)n2)CC1. The molecule has 0 radical (unpaired) electrons. The molecule has 0 spiro atoms. The second kappa shape index (κ2) is 9.01. The number of amides is 2. The lowest BCUT2D eigenvalue weighted by Gasteiger charge is -2.36. The number of aromatic nitrogens is 1. The number of esters is 1. The van der Waals surface area contributed by atoms with Crippen molar-refractivity contribution in [2.75, 3.05) is 32.9 Å². The number of fused-ring (bicyclic) bond motifs is 1. The third-order valence-electron chi connectivity index (χ3n) is 6.27. The van der Waals surface area contributed by atoms with Crippen LogP contribution in [0.25, 0.3) is 10.6 Å². The molecule has 0 saturated carbocycles. The van der Waals surface area contributed by atoms with Crippen LogP contribution in [0.3, 0.4) is 0 Å². The van der Waals surface area contributed by atoms with Crippen LogP contribution in [0.4, 0.5) is 4.79 Å². The van der Waals surface area contributed by atoms with Gasteiger partial charge in [-0.3, -0.25) is 9.69 Å². The summed E-state index contributed by atoms with van der Waals surface area (Å²) < 4.78 is 15.7. The van der Waals surface area contributed by atoms with E-state index in [-0.39, 0.29) is 25.2 Å². The minimum Gasteiger partial charge on any atom is -0.493 e. The highest BCUT2D eigenvalue weighted by Gasteiger charge is 2.44. The number of hydrogen-bond acceptors (Lipinski definition) is 8. The minimum atomic E-state index is -0.719. The molecule has 2 amide bonds. The van der Waals surface area contributed by atoms with E-state index in [0.29, 0.717) is 38.2 Å². The van der Waals surface area contributed by atoms with Crippen molar-refractivity contribution >= 4 is 29.3 Å². The highest BCUT2D eigenvalue weighted by atomic mass is 32.1. The standard InChI is InChI=1S/C23H25N3O6S/c1-2-30-22(28)18-12-32-23(29)26(18)16-5-8-25(9-6-16)21(27)17-13-33-20(24-17)15-3-4-19-14(11-15)7-10-31-19/h3-4,11,13,16,18H,2,5-10,12H2,1H3. The molecule has 9 nitrogen and oxygen atoms in total. The third-order valence-corrected chi connectivity index (χ3v) is 7.17. The molecule has 1 unspecified atom stereocenters. The molecule has 1 aromatic heterocycles. The first-order chi connectivity index (χ1) is 16.0. The first-order valence-electron chi connectivity index (χ1n) is 11.2. The molecule has 174 valence electrons. The van der Waals surface area contributed by atoms with E-state index < -0.39 is 18.1 Å². The quantitative estimate of drug-likeness (QED) is 0.619. The Morgan fingerprint density at radius 1 is 1.24 bits per heavy atom. The average Bonchev–Trinajstić information content (AvgIpc) is 3.58. The van der Waals surface area contributed by atoms with Gasteiger partial charge in [-0.05, 0) is 43.5 Å². The molecule has 1 aromatic carbocycles. The molecule has 4 heterocycles. The van der Waals surface area contributed by atoms with Crippen LogP contribution in [0.1, 0.15) is 35.8 Å². The van der Waals surface area contributed by atoms with E-state index in [1.807, 2.05) is 12.1 Å². The number of ether oxygens (including phenoxy) is 3. The Morgan fingerprint density at radius 3 is 2.85 bits per heavy atom. The molecule has 0 bridgehead atoms. The van der Waals surface area contributed by atoms with Crippen molar-refractivity contribution in [1.82, 2.24) is 14.8 Å². The largest absolute Gasteiger partial charge is 0.493 e. The van der Waals surface area contributed by atoms with Gasteiger partial charge in [0.15, 0.2) is 6.04 Å².